The van der Waals surface area contributed by atoms with Crippen LogP contribution in [0.1, 0.15) is 61.8 Å². The fraction of sp³-hybridized carbons (Fsp3) is 0.474. The summed E-state index contributed by atoms with van der Waals surface area (Å²) in [7, 11) is 0. The van der Waals surface area contributed by atoms with Crippen molar-refractivity contribution in [3.05, 3.63) is 41.3 Å². The normalized spacial score (nSPS) is 19.0. The van der Waals surface area contributed by atoms with Gasteiger partial charge in [-0.15, -0.1) is 0 Å². The largest absolute Gasteiger partial charge is 0.494 e. The topological polar surface area (TPSA) is 55.6 Å². The molecular weight excluding hydrogens is 304 g/mol. The molecule has 1 unspecified atom stereocenters. The Kier molecular flexibility index (Phi) is 4.11. The van der Waals surface area contributed by atoms with Crippen LogP contribution < -0.4 is 9.64 Å². The summed E-state index contributed by atoms with van der Waals surface area (Å²) in [4.78, 5) is 14.9. The van der Waals surface area contributed by atoms with Crippen molar-refractivity contribution in [3.63, 3.8) is 0 Å². The summed E-state index contributed by atoms with van der Waals surface area (Å²) >= 11 is 0. The minimum Gasteiger partial charge on any atom is -0.494 e. The Morgan fingerprint density at radius 2 is 2.17 bits per heavy atom. The zero-order valence-corrected chi connectivity index (χ0v) is 14.9. The van der Waals surface area contributed by atoms with Gasteiger partial charge in [-0.2, -0.15) is 0 Å². The van der Waals surface area contributed by atoms with Crippen LogP contribution in [0.25, 0.3) is 0 Å². The molecule has 0 bridgehead atoms. The molecule has 0 saturated heterocycles. The Hall–Kier alpha value is -2.30. The minimum atomic E-state index is -0.308. The summed E-state index contributed by atoms with van der Waals surface area (Å²) in [5.74, 6) is 1.30. The van der Waals surface area contributed by atoms with Crippen molar-refractivity contribution >= 4 is 11.6 Å². The van der Waals surface area contributed by atoms with Crippen LogP contribution >= 0.6 is 0 Å². The molecule has 5 nitrogen and oxygen atoms in total. The van der Waals surface area contributed by atoms with Crippen molar-refractivity contribution in [1.29, 1.82) is 0 Å². The first kappa shape index (κ1) is 16.6. The lowest BCUT2D eigenvalue weighted by molar-refractivity contribution is 0.0917. The molecule has 1 atom stereocenters. The van der Waals surface area contributed by atoms with Crippen LogP contribution in [0.3, 0.4) is 0 Å². The first-order valence-corrected chi connectivity index (χ1v) is 8.38. The second-order valence-corrected chi connectivity index (χ2v) is 7.04. The van der Waals surface area contributed by atoms with Gasteiger partial charge in [0, 0.05) is 17.3 Å². The van der Waals surface area contributed by atoms with E-state index in [1.165, 1.54) is 0 Å². The van der Waals surface area contributed by atoms with Crippen molar-refractivity contribution in [2.75, 3.05) is 11.5 Å². The van der Waals surface area contributed by atoms with E-state index in [4.69, 9.17) is 9.26 Å². The number of hydrogen-bond acceptors (Lipinski definition) is 4. The van der Waals surface area contributed by atoms with Crippen molar-refractivity contribution in [2.24, 2.45) is 0 Å². The number of carbonyl (C=O) groups is 1. The molecule has 0 N–H and O–H groups in total. The summed E-state index contributed by atoms with van der Waals surface area (Å²) in [6.07, 6.45) is 0.869. The van der Waals surface area contributed by atoms with Gasteiger partial charge in [0.05, 0.1) is 12.3 Å². The average molecular weight is 328 g/mol. The highest BCUT2D eigenvalue weighted by molar-refractivity contribution is 6.06. The van der Waals surface area contributed by atoms with Crippen LogP contribution in [0.15, 0.2) is 28.8 Å². The van der Waals surface area contributed by atoms with Gasteiger partial charge in [-0.3, -0.25) is 9.69 Å². The van der Waals surface area contributed by atoms with Gasteiger partial charge in [0.2, 0.25) is 5.76 Å². The van der Waals surface area contributed by atoms with E-state index in [1.807, 2.05) is 36.9 Å². The third-order valence-electron chi connectivity index (χ3n) is 4.53. The number of fused-ring (bicyclic) bond motifs is 1. The van der Waals surface area contributed by atoms with Crippen molar-refractivity contribution in [1.82, 2.24) is 5.16 Å². The van der Waals surface area contributed by atoms with Gasteiger partial charge in [-0.05, 0) is 63.8 Å². The number of anilines is 1. The lowest BCUT2D eigenvalue weighted by Crippen LogP contribution is -2.51. The molecule has 1 amide bonds. The molecule has 3 rings (SSSR count). The first-order valence-electron chi connectivity index (χ1n) is 8.38. The van der Waals surface area contributed by atoms with Gasteiger partial charge in [0.1, 0.15) is 5.75 Å². The van der Waals surface area contributed by atoms with Gasteiger partial charge in [-0.25, -0.2) is 0 Å². The number of hydrogen-bond donors (Lipinski definition) is 0. The second kappa shape index (κ2) is 5.96. The quantitative estimate of drug-likeness (QED) is 0.842. The Morgan fingerprint density at radius 3 is 2.79 bits per heavy atom. The van der Waals surface area contributed by atoms with Crippen LogP contribution in [0.2, 0.25) is 0 Å². The number of aryl methyl sites for hydroxylation is 1. The third-order valence-corrected chi connectivity index (χ3v) is 4.53. The monoisotopic (exact) mass is 328 g/mol. The Labute approximate surface area is 142 Å². The molecule has 0 fully saturated rings. The zero-order chi connectivity index (χ0) is 17.5. The molecule has 24 heavy (non-hydrogen) atoms. The van der Waals surface area contributed by atoms with E-state index in [2.05, 4.69) is 25.9 Å². The van der Waals surface area contributed by atoms with E-state index < -0.39 is 0 Å². The Morgan fingerprint density at radius 1 is 1.42 bits per heavy atom. The summed E-state index contributed by atoms with van der Waals surface area (Å²) in [6.45, 7) is 10.8. The van der Waals surface area contributed by atoms with E-state index in [0.717, 1.165) is 23.4 Å². The standard InChI is InChI=1S/C19H24N2O3/c1-6-23-14-7-8-16-15(10-14)12(2)11-19(4,5)21(16)18(22)17-9-13(3)20-24-17/h7-10,12H,6,11H2,1-5H3. The molecular formula is C19H24N2O3. The number of carbonyl (C=O) groups excluding carboxylic acids is 1. The van der Waals surface area contributed by atoms with Gasteiger partial charge >= 0.3 is 0 Å². The van der Waals surface area contributed by atoms with E-state index in [1.54, 1.807) is 6.07 Å². The second-order valence-electron chi connectivity index (χ2n) is 7.04. The molecule has 1 aliphatic rings. The van der Waals surface area contributed by atoms with Crippen LogP contribution in [0, 0.1) is 6.92 Å². The highest BCUT2D eigenvalue weighted by atomic mass is 16.5. The average Bonchev–Trinajstić information content (AvgIpc) is 2.94. The Bertz CT molecular complexity index is 764. The SMILES string of the molecule is CCOc1ccc2c(c1)C(C)CC(C)(C)N2C(=O)c1cc(C)no1. The van der Waals surface area contributed by atoms with Gasteiger partial charge in [-0.1, -0.05) is 12.1 Å². The fourth-order valence-corrected chi connectivity index (χ4v) is 3.62. The van der Waals surface area contributed by atoms with Crippen LogP contribution in [0.4, 0.5) is 5.69 Å². The molecule has 1 aromatic carbocycles. The van der Waals surface area contributed by atoms with E-state index in [-0.39, 0.29) is 17.2 Å². The van der Waals surface area contributed by atoms with Gasteiger partial charge < -0.3 is 9.26 Å². The van der Waals surface area contributed by atoms with E-state index >= 15 is 0 Å². The molecule has 128 valence electrons. The fourth-order valence-electron chi connectivity index (χ4n) is 3.62. The number of rotatable bonds is 3. The number of amides is 1. The summed E-state index contributed by atoms with van der Waals surface area (Å²) < 4.78 is 10.8. The maximum absolute atomic E-state index is 13.1. The molecule has 5 heteroatoms. The molecule has 1 aliphatic heterocycles. The number of benzene rings is 1. The molecule has 2 aromatic rings. The summed E-state index contributed by atoms with van der Waals surface area (Å²) in [6, 6.07) is 7.62. The summed E-state index contributed by atoms with van der Waals surface area (Å²) in [5, 5.41) is 3.85. The van der Waals surface area contributed by atoms with Crippen molar-refractivity contribution < 1.29 is 14.1 Å². The lowest BCUT2D eigenvalue weighted by atomic mass is 9.80. The number of nitrogens with zero attached hydrogens (tertiary/aromatic N) is 2. The minimum absolute atomic E-state index is 0.155. The molecule has 0 aliphatic carbocycles. The first-order chi connectivity index (χ1) is 11.3. The van der Waals surface area contributed by atoms with Crippen molar-refractivity contribution in [2.45, 2.75) is 52.5 Å². The number of aromatic nitrogens is 1. The summed E-state index contributed by atoms with van der Waals surface area (Å²) in [5.41, 5.74) is 2.44. The maximum Gasteiger partial charge on any atom is 0.297 e. The highest BCUT2D eigenvalue weighted by Gasteiger charge is 2.41. The van der Waals surface area contributed by atoms with E-state index in [9.17, 15) is 4.79 Å². The maximum atomic E-state index is 13.1. The van der Waals surface area contributed by atoms with Crippen molar-refractivity contribution in [3.8, 4) is 5.75 Å². The highest BCUT2D eigenvalue weighted by Crippen LogP contribution is 2.45. The van der Waals surface area contributed by atoms with Gasteiger partial charge in [0.25, 0.3) is 5.91 Å². The lowest BCUT2D eigenvalue weighted by Gasteiger charge is -2.45. The van der Waals surface area contributed by atoms with E-state index in [0.29, 0.717) is 18.2 Å². The predicted molar refractivity (Wildman–Crippen MR) is 92.8 cm³/mol. The van der Waals surface area contributed by atoms with Gasteiger partial charge in [0.15, 0.2) is 0 Å². The molecule has 0 spiro atoms. The molecule has 2 heterocycles. The van der Waals surface area contributed by atoms with Crippen LogP contribution in [-0.2, 0) is 0 Å². The van der Waals surface area contributed by atoms with Crippen LogP contribution in [0.5, 0.6) is 5.75 Å². The van der Waals surface area contributed by atoms with Crippen LogP contribution in [-0.4, -0.2) is 23.2 Å². The molecule has 0 radical (unpaired) electrons. The predicted octanol–water partition coefficient (Wildman–Crippen LogP) is 4.31. The molecule has 0 saturated carbocycles. The smallest absolute Gasteiger partial charge is 0.297 e. The zero-order valence-electron chi connectivity index (χ0n) is 14.9. The Balaban J connectivity index is 2.08. The number of ether oxygens (including phenoxy) is 1. The molecule has 1 aromatic heterocycles. The third kappa shape index (κ3) is 2.79.